The number of nitrogens with one attached hydrogen (secondary N) is 1. The number of aryl methyl sites for hydroxylation is 1. The second kappa shape index (κ2) is 13.3. The molecule has 0 aromatic heterocycles. The van der Waals surface area contributed by atoms with Crippen molar-refractivity contribution in [1.82, 2.24) is 0 Å². The maximum Gasteiger partial charge on any atom is 1.00 e. The van der Waals surface area contributed by atoms with E-state index in [1.165, 1.54) is 18.2 Å². The smallest absolute Gasteiger partial charge is 0.870 e. The van der Waals surface area contributed by atoms with E-state index in [0.29, 0.717) is 35.1 Å². The summed E-state index contributed by atoms with van der Waals surface area (Å²) >= 11 is 12.4. The quantitative estimate of drug-likeness (QED) is 0.175. The van der Waals surface area contributed by atoms with Crippen molar-refractivity contribution in [2.24, 2.45) is 10.2 Å². The van der Waals surface area contributed by atoms with Crippen LogP contribution in [0.2, 0.25) is 10.0 Å². The summed E-state index contributed by atoms with van der Waals surface area (Å²) in [6, 6.07) is 15.7. The Labute approximate surface area is 263 Å². The third-order valence-electron chi connectivity index (χ3n) is 5.78. The number of nitrogens with zero attached hydrogens (tertiary/aromatic N) is 2. The van der Waals surface area contributed by atoms with Crippen molar-refractivity contribution in [2.45, 2.75) is 25.2 Å². The van der Waals surface area contributed by atoms with Gasteiger partial charge in [-0.15, -0.1) is 0 Å². The molecule has 4 aromatic carbocycles. The largest absolute Gasteiger partial charge is 1.00 e. The monoisotopic (exact) mass is 609 g/mol. The van der Waals surface area contributed by atoms with Crippen molar-refractivity contribution in [1.29, 1.82) is 0 Å². The van der Waals surface area contributed by atoms with Crippen molar-refractivity contribution < 1.29 is 57.2 Å². The Bertz CT molecular complexity index is 1730. The first-order valence-electron chi connectivity index (χ1n) is 11.7. The van der Waals surface area contributed by atoms with E-state index in [1.54, 1.807) is 56.3 Å². The van der Waals surface area contributed by atoms with Crippen molar-refractivity contribution in [3.63, 3.8) is 0 Å². The summed E-state index contributed by atoms with van der Waals surface area (Å²) in [5.41, 5.74) is 0.553. The fourth-order valence-electron chi connectivity index (χ4n) is 3.92. The van der Waals surface area contributed by atoms with Gasteiger partial charge < -0.3 is 15.2 Å². The SMILES string of the molecule is CCOc1cccc(Cl)c1NC(=O)c1cc2ccccc2c(N=Nc2cc(Cl)c(S(=O)(=O)O)cc2CC)c1[O-].[Na+]. The number of azo groups is 1. The Morgan fingerprint density at radius 3 is 2.42 bits per heavy atom. The van der Waals surface area contributed by atoms with Crippen LogP contribution in [0.25, 0.3) is 10.8 Å². The molecule has 0 aliphatic heterocycles. The molecule has 0 unspecified atom stereocenters. The normalized spacial score (nSPS) is 11.4. The van der Waals surface area contributed by atoms with E-state index in [4.69, 9.17) is 27.9 Å². The predicted molar refractivity (Wildman–Crippen MR) is 149 cm³/mol. The van der Waals surface area contributed by atoms with Gasteiger partial charge in [0.1, 0.15) is 16.3 Å². The molecule has 1 amide bonds. The van der Waals surface area contributed by atoms with Gasteiger partial charge in [0.05, 0.1) is 28.0 Å². The van der Waals surface area contributed by atoms with E-state index in [1.807, 2.05) is 0 Å². The molecule has 0 aliphatic carbocycles. The summed E-state index contributed by atoms with van der Waals surface area (Å²) in [5.74, 6) is -1.05. The summed E-state index contributed by atoms with van der Waals surface area (Å²) in [7, 11) is -4.55. The van der Waals surface area contributed by atoms with Crippen molar-refractivity contribution in [2.75, 3.05) is 11.9 Å². The van der Waals surface area contributed by atoms with E-state index in [-0.39, 0.29) is 62.2 Å². The fourth-order valence-corrected chi connectivity index (χ4v) is 5.18. The molecule has 4 aromatic rings. The molecule has 2 N–H and O–H groups in total. The standard InChI is InChI=1S/C27H23Cl2N3O6S.Na/c1-3-15-13-23(39(35,36)37)20(29)14-21(15)31-32-24-17-9-6-5-8-16(17)12-18(26(24)33)27(34)30-25-19(28)10-7-11-22(25)38-4-2;/h5-14,33H,3-4H2,1-2H3,(H,30,34)(H,35,36,37);/q;+1/p-1. The minimum absolute atomic E-state index is 0. The maximum atomic E-state index is 13.5. The number of halogens is 2. The number of carbonyl (C=O) groups is 1. The van der Waals surface area contributed by atoms with Gasteiger partial charge in [-0.05, 0) is 54.6 Å². The van der Waals surface area contributed by atoms with Gasteiger partial charge in [0, 0.05) is 10.9 Å². The molecule has 0 bridgehead atoms. The first kappa shape index (κ1) is 31.8. The number of para-hydroxylation sites is 1. The number of fused-ring (bicyclic) bond motifs is 1. The number of carbonyl (C=O) groups excluding carboxylic acids is 1. The molecule has 0 radical (unpaired) electrons. The van der Waals surface area contributed by atoms with Crippen LogP contribution >= 0.6 is 23.2 Å². The van der Waals surface area contributed by atoms with Crippen LogP contribution in [0.4, 0.5) is 17.1 Å². The molecule has 4 rings (SSSR count). The molecular weight excluding hydrogens is 588 g/mol. The molecule has 0 heterocycles. The van der Waals surface area contributed by atoms with Crippen molar-refractivity contribution in [3.05, 3.63) is 81.8 Å². The van der Waals surface area contributed by atoms with Gasteiger partial charge in [-0.25, -0.2) is 0 Å². The summed E-state index contributed by atoms with van der Waals surface area (Å²) in [4.78, 5) is 12.8. The maximum absolute atomic E-state index is 13.5. The fraction of sp³-hybridized carbons (Fsp3) is 0.148. The van der Waals surface area contributed by atoms with E-state index >= 15 is 0 Å². The Balaban J connectivity index is 0.00000441. The van der Waals surface area contributed by atoms with Crippen LogP contribution in [0.1, 0.15) is 29.8 Å². The van der Waals surface area contributed by atoms with Crippen LogP contribution in [0.15, 0.2) is 75.8 Å². The van der Waals surface area contributed by atoms with Gasteiger partial charge in [0.15, 0.2) is 0 Å². The summed E-state index contributed by atoms with van der Waals surface area (Å²) in [6.07, 6.45) is 0.335. The van der Waals surface area contributed by atoms with Crippen LogP contribution in [0.3, 0.4) is 0 Å². The number of rotatable bonds is 8. The first-order chi connectivity index (χ1) is 18.5. The van der Waals surface area contributed by atoms with Crippen LogP contribution in [-0.2, 0) is 16.5 Å². The second-order valence-electron chi connectivity index (χ2n) is 8.26. The third kappa shape index (κ3) is 6.77. The second-order valence-corrected chi connectivity index (χ2v) is 10.5. The Kier molecular flexibility index (Phi) is 10.6. The number of amides is 1. The predicted octanol–water partition coefficient (Wildman–Crippen LogP) is 4.10. The molecule has 13 heteroatoms. The van der Waals surface area contributed by atoms with Crippen LogP contribution in [0.5, 0.6) is 11.5 Å². The number of anilines is 1. The number of ether oxygens (including phenoxy) is 1. The molecule has 0 aliphatic rings. The third-order valence-corrected chi connectivity index (χ3v) is 7.42. The molecule has 0 saturated heterocycles. The molecular formula is C27H22Cl2N3NaO6S. The Hall–Kier alpha value is -2.70. The first-order valence-corrected chi connectivity index (χ1v) is 13.9. The van der Waals surface area contributed by atoms with E-state index < -0.39 is 26.7 Å². The zero-order valence-electron chi connectivity index (χ0n) is 21.7. The molecule has 0 fully saturated rings. The Morgan fingerprint density at radius 1 is 1.02 bits per heavy atom. The van der Waals surface area contributed by atoms with Gasteiger partial charge >= 0.3 is 29.6 Å². The minimum Gasteiger partial charge on any atom is -0.870 e. The Morgan fingerprint density at radius 2 is 1.75 bits per heavy atom. The van der Waals surface area contributed by atoms with Crippen LogP contribution in [-0.4, -0.2) is 25.5 Å². The molecule has 202 valence electrons. The average molecular weight is 610 g/mol. The van der Waals surface area contributed by atoms with Gasteiger partial charge in [-0.3, -0.25) is 9.35 Å². The van der Waals surface area contributed by atoms with Gasteiger partial charge in [-0.2, -0.15) is 18.6 Å². The van der Waals surface area contributed by atoms with Gasteiger partial charge in [0.25, 0.3) is 16.0 Å². The summed E-state index contributed by atoms with van der Waals surface area (Å²) in [5, 5.41) is 25.5. The van der Waals surface area contributed by atoms with Gasteiger partial charge in [0.2, 0.25) is 0 Å². The minimum atomic E-state index is -4.55. The molecule has 0 saturated carbocycles. The van der Waals surface area contributed by atoms with Crippen molar-refractivity contribution >= 4 is 67.1 Å². The summed E-state index contributed by atoms with van der Waals surface area (Å²) in [6.45, 7) is 3.88. The van der Waals surface area contributed by atoms with E-state index in [0.717, 1.165) is 0 Å². The molecule has 9 nitrogen and oxygen atoms in total. The zero-order valence-corrected chi connectivity index (χ0v) is 26.1. The molecule has 0 spiro atoms. The number of benzene rings is 4. The van der Waals surface area contributed by atoms with E-state index in [9.17, 15) is 22.9 Å². The van der Waals surface area contributed by atoms with Crippen LogP contribution in [0, 0.1) is 0 Å². The molecule has 40 heavy (non-hydrogen) atoms. The number of hydrogen-bond donors (Lipinski definition) is 2. The van der Waals surface area contributed by atoms with Crippen LogP contribution < -0.4 is 44.7 Å². The topological polar surface area (TPSA) is 140 Å². The average Bonchev–Trinajstić information content (AvgIpc) is 2.89. The van der Waals surface area contributed by atoms with Gasteiger partial charge in [-0.1, -0.05) is 66.2 Å². The molecule has 0 atom stereocenters. The van der Waals surface area contributed by atoms with E-state index in [2.05, 4.69) is 15.5 Å². The van der Waals surface area contributed by atoms with Crippen molar-refractivity contribution in [3.8, 4) is 11.5 Å². The number of hydrogen-bond acceptors (Lipinski definition) is 7. The summed E-state index contributed by atoms with van der Waals surface area (Å²) < 4.78 is 38.3. The zero-order chi connectivity index (χ0) is 28.3.